The number of carbonyl (C=O) groups excluding carboxylic acids is 2. The molecule has 0 bridgehead atoms. The van der Waals surface area contributed by atoms with Crippen molar-refractivity contribution in [1.82, 2.24) is 5.32 Å². The van der Waals surface area contributed by atoms with Gasteiger partial charge in [-0.2, -0.15) is 0 Å². The SMILES string of the molecule is CCOCCCNC(=O)C(=O)Nc1ccc(C(C)C)cc1. The number of anilines is 1. The first-order valence-electron chi connectivity index (χ1n) is 7.31. The van der Waals surface area contributed by atoms with Crippen LogP contribution in [0.2, 0.25) is 0 Å². The molecule has 0 saturated carbocycles. The van der Waals surface area contributed by atoms with E-state index >= 15 is 0 Å². The molecule has 0 aliphatic rings. The van der Waals surface area contributed by atoms with Gasteiger partial charge in [0.05, 0.1) is 0 Å². The van der Waals surface area contributed by atoms with E-state index in [4.69, 9.17) is 4.74 Å². The minimum absolute atomic E-state index is 0.429. The van der Waals surface area contributed by atoms with Crippen LogP contribution in [0.5, 0.6) is 0 Å². The third-order valence-corrected chi connectivity index (χ3v) is 3.00. The Kier molecular flexibility index (Phi) is 7.46. The van der Waals surface area contributed by atoms with E-state index in [1.807, 2.05) is 19.1 Å². The van der Waals surface area contributed by atoms with Crippen LogP contribution >= 0.6 is 0 Å². The van der Waals surface area contributed by atoms with Crippen molar-refractivity contribution in [1.29, 1.82) is 0 Å². The second-order valence-electron chi connectivity index (χ2n) is 5.04. The van der Waals surface area contributed by atoms with Crippen molar-refractivity contribution in [3.8, 4) is 0 Å². The summed E-state index contributed by atoms with van der Waals surface area (Å²) >= 11 is 0. The maximum absolute atomic E-state index is 11.7. The van der Waals surface area contributed by atoms with Gasteiger partial charge in [-0.3, -0.25) is 9.59 Å². The summed E-state index contributed by atoms with van der Waals surface area (Å²) in [6.45, 7) is 7.78. The van der Waals surface area contributed by atoms with E-state index in [1.165, 1.54) is 5.56 Å². The van der Waals surface area contributed by atoms with Crippen LogP contribution in [0.4, 0.5) is 5.69 Å². The molecule has 5 heteroatoms. The number of nitrogens with one attached hydrogen (secondary N) is 2. The molecule has 0 spiro atoms. The normalized spacial score (nSPS) is 10.5. The van der Waals surface area contributed by atoms with Crippen LogP contribution in [-0.4, -0.2) is 31.6 Å². The van der Waals surface area contributed by atoms with Gasteiger partial charge in [0.2, 0.25) is 0 Å². The van der Waals surface area contributed by atoms with E-state index in [9.17, 15) is 9.59 Å². The number of carbonyl (C=O) groups is 2. The molecule has 0 aromatic heterocycles. The summed E-state index contributed by atoms with van der Waals surface area (Å²) in [6.07, 6.45) is 0.690. The first-order valence-corrected chi connectivity index (χ1v) is 7.31. The van der Waals surface area contributed by atoms with Gasteiger partial charge in [-0.15, -0.1) is 0 Å². The Morgan fingerprint density at radius 3 is 2.38 bits per heavy atom. The number of hydrogen-bond acceptors (Lipinski definition) is 3. The minimum atomic E-state index is -0.649. The molecule has 0 saturated heterocycles. The smallest absolute Gasteiger partial charge is 0.313 e. The Balaban J connectivity index is 2.36. The molecule has 2 N–H and O–H groups in total. The highest BCUT2D eigenvalue weighted by Crippen LogP contribution is 2.16. The number of benzene rings is 1. The monoisotopic (exact) mass is 292 g/mol. The Morgan fingerprint density at radius 2 is 1.81 bits per heavy atom. The van der Waals surface area contributed by atoms with Crippen LogP contribution in [0.15, 0.2) is 24.3 Å². The molecular weight excluding hydrogens is 268 g/mol. The highest BCUT2D eigenvalue weighted by molar-refractivity contribution is 6.39. The summed E-state index contributed by atoms with van der Waals surface area (Å²) in [7, 11) is 0. The molecule has 0 aliphatic heterocycles. The van der Waals surface area contributed by atoms with E-state index in [0.29, 0.717) is 37.8 Å². The molecule has 1 aromatic rings. The first-order chi connectivity index (χ1) is 10.0. The van der Waals surface area contributed by atoms with Crippen molar-refractivity contribution in [2.45, 2.75) is 33.1 Å². The summed E-state index contributed by atoms with van der Waals surface area (Å²) in [4.78, 5) is 23.3. The third-order valence-electron chi connectivity index (χ3n) is 3.00. The fourth-order valence-corrected chi connectivity index (χ4v) is 1.74. The first kappa shape index (κ1) is 17.2. The Hall–Kier alpha value is -1.88. The van der Waals surface area contributed by atoms with E-state index in [1.54, 1.807) is 12.1 Å². The maximum Gasteiger partial charge on any atom is 0.313 e. The summed E-state index contributed by atoms with van der Waals surface area (Å²) in [5.41, 5.74) is 1.81. The zero-order chi connectivity index (χ0) is 15.7. The van der Waals surface area contributed by atoms with Gasteiger partial charge >= 0.3 is 11.8 Å². The molecular formula is C16H24N2O3. The van der Waals surface area contributed by atoms with Crippen molar-refractivity contribution in [3.05, 3.63) is 29.8 Å². The minimum Gasteiger partial charge on any atom is -0.382 e. The molecule has 0 atom stereocenters. The molecule has 1 rings (SSSR count). The van der Waals surface area contributed by atoms with Gasteiger partial charge in [0.15, 0.2) is 0 Å². The second-order valence-corrected chi connectivity index (χ2v) is 5.04. The standard InChI is InChI=1S/C16H24N2O3/c1-4-21-11-5-10-17-15(19)16(20)18-14-8-6-13(7-9-14)12(2)3/h6-9,12H,4-5,10-11H2,1-3H3,(H,17,19)(H,18,20). The van der Waals surface area contributed by atoms with Gasteiger partial charge in [-0.1, -0.05) is 26.0 Å². The maximum atomic E-state index is 11.7. The van der Waals surface area contributed by atoms with Gasteiger partial charge in [-0.25, -0.2) is 0 Å². The van der Waals surface area contributed by atoms with E-state index in [2.05, 4.69) is 24.5 Å². The molecule has 0 heterocycles. The van der Waals surface area contributed by atoms with Crippen LogP contribution in [-0.2, 0) is 14.3 Å². The van der Waals surface area contributed by atoms with E-state index in [0.717, 1.165) is 0 Å². The molecule has 0 unspecified atom stereocenters. The zero-order valence-electron chi connectivity index (χ0n) is 12.9. The van der Waals surface area contributed by atoms with Crippen molar-refractivity contribution in [3.63, 3.8) is 0 Å². The van der Waals surface area contributed by atoms with Gasteiger partial charge < -0.3 is 15.4 Å². The number of ether oxygens (including phenoxy) is 1. The largest absolute Gasteiger partial charge is 0.382 e. The molecule has 21 heavy (non-hydrogen) atoms. The van der Waals surface area contributed by atoms with Crippen LogP contribution in [0, 0.1) is 0 Å². The molecule has 0 fully saturated rings. The highest BCUT2D eigenvalue weighted by Gasteiger charge is 2.12. The lowest BCUT2D eigenvalue weighted by Gasteiger charge is -2.09. The van der Waals surface area contributed by atoms with Gasteiger partial charge in [0.25, 0.3) is 0 Å². The van der Waals surface area contributed by atoms with Crippen LogP contribution in [0.25, 0.3) is 0 Å². The summed E-state index contributed by atoms with van der Waals surface area (Å²) in [5, 5.41) is 5.14. The van der Waals surface area contributed by atoms with Crippen LogP contribution in [0.3, 0.4) is 0 Å². The molecule has 5 nitrogen and oxygen atoms in total. The van der Waals surface area contributed by atoms with Gasteiger partial charge in [0, 0.05) is 25.4 Å². The summed E-state index contributed by atoms with van der Waals surface area (Å²) in [5.74, 6) is -0.841. The average Bonchev–Trinajstić information content (AvgIpc) is 2.47. The Bertz CT molecular complexity index is 455. The second kappa shape index (κ2) is 9.13. The van der Waals surface area contributed by atoms with Crippen molar-refractivity contribution in [2.24, 2.45) is 0 Å². The van der Waals surface area contributed by atoms with Gasteiger partial charge in [0.1, 0.15) is 0 Å². The van der Waals surface area contributed by atoms with Crippen molar-refractivity contribution >= 4 is 17.5 Å². The Morgan fingerprint density at radius 1 is 1.14 bits per heavy atom. The van der Waals surface area contributed by atoms with Gasteiger partial charge in [-0.05, 0) is 37.0 Å². The lowest BCUT2D eigenvalue weighted by Crippen LogP contribution is -2.36. The molecule has 0 radical (unpaired) electrons. The fourth-order valence-electron chi connectivity index (χ4n) is 1.74. The molecule has 116 valence electrons. The van der Waals surface area contributed by atoms with Crippen LogP contribution < -0.4 is 10.6 Å². The van der Waals surface area contributed by atoms with E-state index in [-0.39, 0.29) is 0 Å². The predicted octanol–water partition coefficient (Wildman–Crippen LogP) is 2.29. The average molecular weight is 292 g/mol. The molecule has 0 aliphatic carbocycles. The lowest BCUT2D eigenvalue weighted by molar-refractivity contribution is -0.136. The van der Waals surface area contributed by atoms with E-state index < -0.39 is 11.8 Å². The lowest BCUT2D eigenvalue weighted by atomic mass is 10.0. The Labute approximate surface area is 126 Å². The van der Waals surface area contributed by atoms with Crippen molar-refractivity contribution < 1.29 is 14.3 Å². The summed E-state index contributed by atoms with van der Waals surface area (Å²) < 4.78 is 5.15. The quantitative estimate of drug-likeness (QED) is 0.598. The third kappa shape index (κ3) is 6.40. The highest BCUT2D eigenvalue weighted by atomic mass is 16.5. The number of rotatable bonds is 7. The zero-order valence-corrected chi connectivity index (χ0v) is 12.9. The number of hydrogen-bond donors (Lipinski definition) is 2. The van der Waals surface area contributed by atoms with Crippen LogP contribution in [0.1, 0.15) is 38.7 Å². The topological polar surface area (TPSA) is 67.4 Å². The van der Waals surface area contributed by atoms with Crippen molar-refractivity contribution in [2.75, 3.05) is 25.1 Å². The summed E-state index contributed by atoms with van der Waals surface area (Å²) in [6, 6.07) is 7.49. The fraction of sp³-hybridized carbons (Fsp3) is 0.500. The molecule has 1 aromatic carbocycles. The molecule has 2 amide bonds. The number of amides is 2. The predicted molar refractivity (Wildman–Crippen MR) is 83.3 cm³/mol.